The van der Waals surface area contributed by atoms with E-state index in [1.54, 1.807) is 24.5 Å². The normalized spacial score (nSPS) is 12.2. The SMILES string of the molecule is Cc1cc(Cl)ccc1Oc1ncc(CC(C)N)cn1. The Kier molecular flexibility index (Phi) is 4.35. The molecule has 2 aromatic rings. The van der Waals surface area contributed by atoms with Crippen molar-refractivity contribution in [1.29, 1.82) is 0 Å². The number of hydrogen-bond donors (Lipinski definition) is 1. The summed E-state index contributed by atoms with van der Waals surface area (Å²) in [6, 6.07) is 5.82. The van der Waals surface area contributed by atoms with Gasteiger partial charge in [0.2, 0.25) is 0 Å². The summed E-state index contributed by atoms with van der Waals surface area (Å²) in [5, 5.41) is 0.679. The van der Waals surface area contributed by atoms with Crippen molar-refractivity contribution >= 4 is 11.6 Å². The average Bonchev–Trinajstić information content (AvgIpc) is 2.34. The fourth-order valence-electron chi connectivity index (χ4n) is 1.70. The maximum atomic E-state index is 5.89. The number of nitrogens with two attached hydrogens (primary N) is 1. The lowest BCUT2D eigenvalue weighted by Crippen LogP contribution is -2.17. The zero-order valence-electron chi connectivity index (χ0n) is 10.9. The lowest BCUT2D eigenvalue weighted by Gasteiger charge is -2.08. The highest BCUT2D eigenvalue weighted by Gasteiger charge is 2.05. The van der Waals surface area contributed by atoms with Gasteiger partial charge in [0.25, 0.3) is 0 Å². The van der Waals surface area contributed by atoms with E-state index in [0.717, 1.165) is 17.5 Å². The van der Waals surface area contributed by atoms with Gasteiger partial charge in [0, 0.05) is 23.5 Å². The number of rotatable bonds is 4. The Morgan fingerprint density at radius 3 is 2.58 bits per heavy atom. The second kappa shape index (κ2) is 5.99. The summed E-state index contributed by atoms with van der Waals surface area (Å²) in [6.07, 6.45) is 4.22. The average molecular weight is 278 g/mol. The lowest BCUT2D eigenvalue weighted by molar-refractivity contribution is 0.437. The number of halogens is 1. The van der Waals surface area contributed by atoms with E-state index < -0.39 is 0 Å². The van der Waals surface area contributed by atoms with Crippen LogP contribution in [-0.2, 0) is 6.42 Å². The number of aryl methyl sites for hydroxylation is 1. The van der Waals surface area contributed by atoms with Crippen LogP contribution < -0.4 is 10.5 Å². The Bertz CT molecular complexity index is 555. The molecule has 0 saturated carbocycles. The number of ether oxygens (including phenoxy) is 1. The third kappa shape index (κ3) is 3.91. The molecule has 0 amide bonds. The van der Waals surface area contributed by atoms with E-state index in [1.165, 1.54) is 0 Å². The van der Waals surface area contributed by atoms with Gasteiger partial charge in [-0.15, -0.1) is 0 Å². The van der Waals surface area contributed by atoms with E-state index in [2.05, 4.69) is 9.97 Å². The summed E-state index contributed by atoms with van der Waals surface area (Å²) >= 11 is 5.89. The van der Waals surface area contributed by atoms with Gasteiger partial charge in [-0.1, -0.05) is 11.6 Å². The molecule has 0 saturated heterocycles. The molecule has 1 aromatic heterocycles. The molecular formula is C14H16ClN3O. The minimum absolute atomic E-state index is 0.0916. The molecule has 0 radical (unpaired) electrons. The summed E-state index contributed by atoms with van der Waals surface area (Å²) in [5.41, 5.74) is 7.66. The highest BCUT2D eigenvalue weighted by molar-refractivity contribution is 6.30. The molecule has 0 fully saturated rings. The van der Waals surface area contributed by atoms with Gasteiger partial charge < -0.3 is 10.5 Å². The summed E-state index contributed by atoms with van der Waals surface area (Å²) in [7, 11) is 0. The van der Waals surface area contributed by atoms with E-state index in [9.17, 15) is 0 Å². The first kappa shape index (κ1) is 13.8. The van der Waals surface area contributed by atoms with E-state index in [4.69, 9.17) is 22.1 Å². The van der Waals surface area contributed by atoms with Crippen LogP contribution in [0.25, 0.3) is 0 Å². The Morgan fingerprint density at radius 2 is 2.00 bits per heavy atom. The fourth-order valence-corrected chi connectivity index (χ4v) is 1.93. The van der Waals surface area contributed by atoms with Crippen LogP contribution in [0.5, 0.6) is 11.8 Å². The first-order chi connectivity index (χ1) is 9.04. The highest BCUT2D eigenvalue weighted by Crippen LogP contribution is 2.25. The molecule has 1 atom stereocenters. The monoisotopic (exact) mass is 277 g/mol. The van der Waals surface area contributed by atoms with Crippen molar-refractivity contribution in [2.24, 2.45) is 5.73 Å². The molecule has 19 heavy (non-hydrogen) atoms. The minimum Gasteiger partial charge on any atom is -0.424 e. The van der Waals surface area contributed by atoms with Crippen LogP contribution in [0, 0.1) is 6.92 Å². The molecule has 0 aliphatic rings. The van der Waals surface area contributed by atoms with Gasteiger partial charge in [-0.2, -0.15) is 0 Å². The molecule has 0 aliphatic carbocycles. The van der Waals surface area contributed by atoms with Crippen molar-refractivity contribution in [3.63, 3.8) is 0 Å². The Hall–Kier alpha value is -1.65. The topological polar surface area (TPSA) is 61.0 Å². The van der Waals surface area contributed by atoms with Crippen LogP contribution >= 0.6 is 11.6 Å². The molecule has 2 rings (SSSR count). The number of hydrogen-bond acceptors (Lipinski definition) is 4. The second-order valence-electron chi connectivity index (χ2n) is 4.57. The first-order valence-corrected chi connectivity index (χ1v) is 6.43. The van der Waals surface area contributed by atoms with Crippen LogP contribution in [0.1, 0.15) is 18.1 Å². The number of aromatic nitrogens is 2. The molecule has 1 aromatic carbocycles. The van der Waals surface area contributed by atoms with Gasteiger partial charge in [0.15, 0.2) is 0 Å². The van der Waals surface area contributed by atoms with Gasteiger partial charge in [0.1, 0.15) is 5.75 Å². The molecule has 4 nitrogen and oxygen atoms in total. The maximum Gasteiger partial charge on any atom is 0.321 e. The van der Waals surface area contributed by atoms with E-state index in [0.29, 0.717) is 16.8 Å². The molecule has 0 bridgehead atoms. The summed E-state index contributed by atoms with van der Waals surface area (Å²) in [6.45, 7) is 3.87. The van der Waals surface area contributed by atoms with E-state index in [1.807, 2.05) is 19.9 Å². The largest absolute Gasteiger partial charge is 0.424 e. The molecule has 0 aliphatic heterocycles. The van der Waals surface area contributed by atoms with Gasteiger partial charge >= 0.3 is 6.01 Å². The third-order valence-corrected chi connectivity index (χ3v) is 2.81. The Morgan fingerprint density at radius 1 is 1.32 bits per heavy atom. The quantitative estimate of drug-likeness (QED) is 0.933. The van der Waals surface area contributed by atoms with Crippen LogP contribution in [0.3, 0.4) is 0 Å². The lowest BCUT2D eigenvalue weighted by atomic mass is 10.1. The van der Waals surface area contributed by atoms with Crippen LogP contribution in [-0.4, -0.2) is 16.0 Å². The number of benzene rings is 1. The fraction of sp³-hybridized carbons (Fsp3) is 0.286. The van der Waals surface area contributed by atoms with Gasteiger partial charge in [-0.25, -0.2) is 9.97 Å². The van der Waals surface area contributed by atoms with Crippen molar-refractivity contribution in [3.05, 3.63) is 46.7 Å². The van der Waals surface area contributed by atoms with Crippen molar-refractivity contribution in [3.8, 4) is 11.8 Å². The standard InChI is InChI=1S/C14H16ClN3O/c1-9-5-12(15)3-4-13(9)19-14-17-7-11(8-18-14)6-10(2)16/h3-5,7-8,10H,6,16H2,1-2H3. The smallest absolute Gasteiger partial charge is 0.321 e. The molecule has 2 N–H and O–H groups in total. The number of nitrogens with zero attached hydrogens (tertiary/aromatic N) is 2. The zero-order chi connectivity index (χ0) is 13.8. The summed E-state index contributed by atoms with van der Waals surface area (Å²) < 4.78 is 5.61. The Balaban J connectivity index is 2.10. The first-order valence-electron chi connectivity index (χ1n) is 6.05. The second-order valence-corrected chi connectivity index (χ2v) is 5.00. The van der Waals surface area contributed by atoms with Gasteiger partial charge in [-0.3, -0.25) is 0 Å². The zero-order valence-corrected chi connectivity index (χ0v) is 11.7. The molecule has 100 valence electrons. The van der Waals surface area contributed by atoms with Crippen molar-refractivity contribution in [1.82, 2.24) is 9.97 Å². The van der Waals surface area contributed by atoms with E-state index in [-0.39, 0.29) is 6.04 Å². The van der Waals surface area contributed by atoms with Crippen molar-refractivity contribution < 1.29 is 4.74 Å². The van der Waals surface area contributed by atoms with Crippen LogP contribution in [0.15, 0.2) is 30.6 Å². The van der Waals surface area contributed by atoms with Crippen LogP contribution in [0.2, 0.25) is 5.02 Å². The molecule has 1 unspecified atom stereocenters. The molecule has 1 heterocycles. The summed E-state index contributed by atoms with van der Waals surface area (Å²) in [4.78, 5) is 8.34. The van der Waals surface area contributed by atoms with Crippen molar-refractivity contribution in [2.75, 3.05) is 0 Å². The molecule has 5 heteroatoms. The minimum atomic E-state index is 0.0916. The van der Waals surface area contributed by atoms with Crippen molar-refractivity contribution in [2.45, 2.75) is 26.3 Å². The molecular weight excluding hydrogens is 262 g/mol. The van der Waals surface area contributed by atoms with E-state index >= 15 is 0 Å². The third-order valence-electron chi connectivity index (χ3n) is 2.58. The predicted octanol–water partition coefficient (Wildman–Crippen LogP) is 3.12. The molecule has 0 spiro atoms. The summed E-state index contributed by atoms with van der Waals surface area (Å²) in [5.74, 6) is 0.698. The Labute approximate surface area is 117 Å². The van der Waals surface area contributed by atoms with Crippen LogP contribution in [0.4, 0.5) is 0 Å². The van der Waals surface area contributed by atoms with Gasteiger partial charge in [0.05, 0.1) is 0 Å². The maximum absolute atomic E-state index is 5.89. The van der Waals surface area contributed by atoms with Gasteiger partial charge in [-0.05, 0) is 49.6 Å². The predicted molar refractivity (Wildman–Crippen MR) is 75.6 cm³/mol. The highest BCUT2D eigenvalue weighted by atomic mass is 35.5.